The van der Waals surface area contributed by atoms with Gasteiger partial charge in [0.25, 0.3) is 0 Å². The van der Waals surface area contributed by atoms with Crippen LogP contribution in [-0.4, -0.2) is 32.4 Å². The Hall–Kier alpha value is -0.780. The minimum absolute atomic E-state index is 0.0926. The van der Waals surface area contributed by atoms with Crippen molar-refractivity contribution in [3.05, 3.63) is 23.2 Å². The first-order valence-electron chi connectivity index (χ1n) is 7.37. The highest BCUT2D eigenvalue weighted by atomic mass is 35.5. The lowest BCUT2D eigenvalue weighted by Gasteiger charge is -2.30. The van der Waals surface area contributed by atoms with E-state index in [1.165, 1.54) is 16.8 Å². The van der Waals surface area contributed by atoms with Gasteiger partial charge in [0, 0.05) is 19.2 Å². The summed E-state index contributed by atoms with van der Waals surface area (Å²) in [7, 11) is -1.83. The Morgan fingerprint density at radius 1 is 1.29 bits per heavy atom. The zero-order chi connectivity index (χ0) is 15.5. The number of nitrogens with zero attached hydrogens (tertiary/aromatic N) is 1. The van der Waals surface area contributed by atoms with E-state index in [-0.39, 0.29) is 10.9 Å². The van der Waals surface area contributed by atoms with Crippen molar-refractivity contribution in [3.8, 4) is 5.75 Å². The molecule has 1 fully saturated rings. The van der Waals surface area contributed by atoms with Crippen LogP contribution in [-0.2, 0) is 10.0 Å². The monoisotopic (exact) mass is 331 g/mol. The molecule has 2 rings (SSSR count). The highest BCUT2D eigenvalue weighted by molar-refractivity contribution is 7.89. The minimum Gasteiger partial charge on any atom is -0.492 e. The lowest BCUT2D eigenvalue weighted by molar-refractivity contribution is 0.285. The van der Waals surface area contributed by atoms with Crippen molar-refractivity contribution >= 4 is 21.6 Å². The molecule has 0 heterocycles. The fourth-order valence-corrected chi connectivity index (χ4v) is 4.32. The molecule has 1 aliphatic rings. The Balaban J connectivity index is 2.27. The molecule has 1 aromatic carbocycles. The largest absolute Gasteiger partial charge is 0.492 e. The maximum atomic E-state index is 12.7. The lowest BCUT2D eigenvalue weighted by Crippen LogP contribution is -2.38. The highest BCUT2D eigenvalue weighted by Gasteiger charge is 2.29. The topological polar surface area (TPSA) is 46.6 Å². The molecule has 1 aliphatic carbocycles. The van der Waals surface area contributed by atoms with Crippen LogP contribution in [0.2, 0.25) is 5.02 Å². The van der Waals surface area contributed by atoms with Gasteiger partial charge in [-0.3, -0.25) is 0 Å². The van der Waals surface area contributed by atoms with Gasteiger partial charge in [0.2, 0.25) is 10.0 Å². The smallest absolute Gasteiger partial charge is 0.243 e. The van der Waals surface area contributed by atoms with E-state index < -0.39 is 10.0 Å². The quantitative estimate of drug-likeness (QED) is 0.826. The Labute approximate surface area is 132 Å². The normalized spacial score (nSPS) is 17.1. The van der Waals surface area contributed by atoms with Crippen LogP contribution in [0.5, 0.6) is 5.75 Å². The van der Waals surface area contributed by atoms with Gasteiger partial charge in [-0.15, -0.1) is 0 Å². The Morgan fingerprint density at radius 2 is 1.95 bits per heavy atom. The molecule has 0 saturated heterocycles. The van der Waals surface area contributed by atoms with E-state index >= 15 is 0 Å². The van der Waals surface area contributed by atoms with E-state index in [9.17, 15) is 8.42 Å². The van der Waals surface area contributed by atoms with Gasteiger partial charge >= 0.3 is 0 Å². The van der Waals surface area contributed by atoms with Gasteiger partial charge < -0.3 is 4.74 Å². The van der Waals surface area contributed by atoms with E-state index in [1.54, 1.807) is 19.2 Å². The van der Waals surface area contributed by atoms with Crippen LogP contribution in [0.4, 0.5) is 0 Å². The van der Waals surface area contributed by atoms with Gasteiger partial charge in [0.05, 0.1) is 16.5 Å². The molecular formula is C15H22ClNO3S. The van der Waals surface area contributed by atoms with Crippen molar-refractivity contribution in [2.75, 3.05) is 13.7 Å². The Morgan fingerprint density at radius 3 is 2.57 bits per heavy atom. The number of benzene rings is 1. The van der Waals surface area contributed by atoms with Crippen LogP contribution in [0.3, 0.4) is 0 Å². The zero-order valence-corrected chi connectivity index (χ0v) is 14.1. The predicted octanol–water partition coefficient (Wildman–Crippen LogP) is 3.69. The van der Waals surface area contributed by atoms with Gasteiger partial charge in [0.15, 0.2) is 0 Å². The number of sulfonamides is 1. The molecule has 0 unspecified atom stereocenters. The summed E-state index contributed by atoms with van der Waals surface area (Å²) in [5, 5.41) is 0.427. The van der Waals surface area contributed by atoms with Gasteiger partial charge in [-0.25, -0.2) is 8.42 Å². The molecule has 0 atom stereocenters. The van der Waals surface area contributed by atoms with Crippen LogP contribution < -0.4 is 4.74 Å². The lowest BCUT2D eigenvalue weighted by atomic mass is 9.96. The fourth-order valence-electron chi connectivity index (χ4n) is 2.72. The molecule has 0 aliphatic heterocycles. The molecule has 1 saturated carbocycles. The summed E-state index contributed by atoms with van der Waals surface area (Å²) in [6, 6.07) is 4.73. The molecule has 4 nitrogen and oxygen atoms in total. The number of ether oxygens (including phenoxy) is 1. The first-order chi connectivity index (χ1) is 9.96. The minimum atomic E-state index is -3.50. The molecular weight excluding hydrogens is 310 g/mol. The van der Waals surface area contributed by atoms with Crippen molar-refractivity contribution in [2.45, 2.75) is 50.0 Å². The summed E-state index contributed by atoms with van der Waals surface area (Å²) in [5.41, 5.74) is 0. The SMILES string of the molecule is CCOc1cc(S(=O)(=O)N(C)C2CCCCC2)ccc1Cl. The molecule has 118 valence electrons. The summed E-state index contributed by atoms with van der Waals surface area (Å²) in [6.07, 6.45) is 5.24. The predicted molar refractivity (Wildman–Crippen MR) is 84.4 cm³/mol. The van der Waals surface area contributed by atoms with Crippen LogP contribution in [0, 0.1) is 0 Å². The van der Waals surface area contributed by atoms with Crippen molar-refractivity contribution in [2.24, 2.45) is 0 Å². The molecule has 0 N–H and O–H groups in total. The molecule has 6 heteroatoms. The van der Waals surface area contributed by atoms with E-state index in [0.29, 0.717) is 17.4 Å². The van der Waals surface area contributed by atoms with Crippen molar-refractivity contribution in [1.82, 2.24) is 4.31 Å². The van der Waals surface area contributed by atoms with E-state index in [1.807, 2.05) is 6.92 Å². The van der Waals surface area contributed by atoms with Crippen LogP contribution in [0.1, 0.15) is 39.0 Å². The maximum absolute atomic E-state index is 12.7. The summed E-state index contributed by atoms with van der Waals surface area (Å²) in [6.45, 7) is 2.29. The summed E-state index contributed by atoms with van der Waals surface area (Å²) in [4.78, 5) is 0.239. The number of rotatable bonds is 5. The van der Waals surface area contributed by atoms with E-state index in [2.05, 4.69) is 0 Å². The Kier molecular flexibility index (Phi) is 5.52. The number of halogens is 1. The summed E-state index contributed by atoms with van der Waals surface area (Å²) in [5.74, 6) is 0.414. The Bertz CT molecular complexity index is 583. The second-order valence-corrected chi connectivity index (χ2v) is 7.74. The third-order valence-corrected chi connectivity index (χ3v) is 6.19. The van der Waals surface area contributed by atoms with E-state index in [4.69, 9.17) is 16.3 Å². The highest BCUT2D eigenvalue weighted by Crippen LogP contribution is 2.31. The second-order valence-electron chi connectivity index (χ2n) is 5.34. The number of hydrogen-bond acceptors (Lipinski definition) is 3. The third-order valence-electron chi connectivity index (χ3n) is 3.97. The number of hydrogen-bond donors (Lipinski definition) is 0. The van der Waals surface area contributed by atoms with Crippen molar-refractivity contribution in [1.29, 1.82) is 0 Å². The van der Waals surface area contributed by atoms with Crippen molar-refractivity contribution < 1.29 is 13.2 Å². The molecule has 0 bridgehead atoms. The van der Waals surface area contributed by atoms with Gasteiger partial charge in [-0.1, -0.05) is 30.9 Å². The molecule has 0 spiro atoms. The average molecular weight is 332 g/mol. The molecule has 0 amide bonds. The molecule has 0 radical (unpaired) electrons. The van der Waals surface area contributed by atoms with E-state index in [0.717, 1.165) is 25.7 Å². The van der Waals surface area contributed by atoms with Crippen molar-refractivity contribution in [3.63, 3.8) is 0 Å². The third kappa shape index (κ3) is 3.71. The average Bonchev–Trinajstić information content (AvgIpc) is 2.49. The van der Waals surface area contributed by atoms with Gasteiger partial charge in [0.1, 0.15) is 5.75 Å². The zero-order valence-electron chi connectivity index (χ0n) is 12.5. The summed E-state index contributed by atoms with van der Waals surface area (Å²) >= 11 is 6.02. The van der Waals surface area contributed by atoms with Crippen LogP contribution in [0.15, 0.2) is 23.1 Å². The molecule has 1 aromatic rings. The summed E-state index contributed by atoms with van der Waals surface area (Å²) < 4.78 is 32.3. The van der Waals surface area contributed by atoms with Crippen LogP contribution >= 0.6 is 11.6 Å². The van der Waals surface area contributed by atoms with Gasteiger partial charge in [-0.2, -0.15) is 4.31 Å². The first kappa shape index (κ1) is 16.6. The first-order valence-corrected chi connectivity index (χ1v) is 9.19. The molecule has 0 aromatic heterocycles. The second kappa shape index (κ2) is 6.99. The van der Waals surface area contributed by atoms with Crippen LogP contribution in [0.25, 0.3) is 0 Å². The van der Waals surface area contributed by atoms with Gasteiger partial charge in [-0.05, 0) is 31.9 Å². The maximum Gasteiger partial charge on any atom is 0.243 e. The fraction of sp³-hybridized carbons (Fsp3) is 0.600. The standard InChI is InChI=1S/C15H22ClNO3S/c1-3-20-15-11-13(9-10-14(15)16)21(18,19)17(2)12-7-5-4-6-8-12/h9-12H,3-8H2,1-2H3. The molecule has 21 heavy (non-hydrogen) atoms.